The van der Waals surface area contributed by atoms with E-state index in [2.05, 4.69) is 0 Å². The van der Waals surface area contributed by atoms with Crippen LogP contribution < -0.4 is 0 Å². The molecule has 2 nitrogen and oxygen atoms in total. The zero-order valence-corrected chi connectivity index (χ0v) is 6.77. The Morgan fingerprint density at radius 1 is 1.45 bits per heavy atom. The summed E-state index contributed by atoms with van der Waals surface area (Å²) in [5, 5.41) is 9.10. The molecule has 0 saturated heterocycles. The lowest BCUT2D eigenvalue weighted by Crippen LogP contribution is -2.00. The van der Waals surface area contributed by atoms with Crippen LogP contribution in [0.4, 0.5) is 0 Å². The number of hydrogen-bond donors (Lipinski definition) is 1. The van der Waals surface area contributed by atoms with Gasteiger partial charge in [0, 0.05) is 11.1 Å². The van der Waals surface area contributed by atoms with E-state index in [1.54, 1.807) is 0 Å². The summed E-state index contributed by atoms with van der Waals surface area (Å²) >= 11 is 5.77. The second kappa shape index (κ2) is 3.58. The Morgan fingerprint density at radius 2 is 2.18 bits per heavy atom. The van der Waals surface area contributed by atoms with Gasteiger partial charge < -0.3 is 5.11 Å². The first kappa shape index (κ1) is 8.34. The van der Waals surface area contributed by atoms with E-state index in [0.29, 0.717) is 16.2 Å². The molecular formula is C8H9ClO2. The van der Waals surface area contributed by atoms with Crippen molar-refractivity contribution in [1.29, 1.82) is 0 Å². The SMILES string of the molecule is O=CC1=C(Cl)C(=CO)CCC1. The van der Waals surface area contributed by atoms with Crippen molar-refractivity contribution in [1.82, 2.24) is 0 Å². The molecule has 0 aromatic heterocycles. The molecule has 0 bridgehead atoms. The molecule has 1 N–H and O–H groups in total. The van der Waals surface area contributed by atoms with Gasteiger partial charge >= 0.3 is 0 Å². The molecule has 0 fully saturated rings. The van der Waals surface area contributed by atoms with E-state index in [9.17, 15) is 4.79 Å². The number of aliphatic hydroxyl groups excluding tert-OH is 1. The van der Waals surface area contributed by atoms with Gasteiger partial charge in [-0.3, -0.25) is 4.79 Å². The van der Waals surface area contributed by atoms with E-state index in [4.69, 9.17) is 16.7 Å². The fraction of sp³-hybridized carbons (Fsp3) is 0.375. The maximum atomic E-state index is 10.4. The minimum absolute atomic E-state index is 0.425. The van der Waals surface area contributed by atoms with Crippen LogP contribution in [0.3, 0.4) is 0 Å². The number of aldehydes is 1. The Bertz CT molecular complexity index is 228. The van der Waals surface area contributed by atoms with Gasteiger partial charge in [-0.25, -0.2) is 0 Å². The largest absolute Gasteiger partial charge is 0.515 e. The first-order valence-corrected chi connectivity index (χ1v) is 3.85. The molecule has 0 heterocycles. The summed E-state index contributed by atoms with van der Waals surface area (Å²) in [6.45, 7) is 0. The summed E-state index contributed by atoms with van der Waals surface area (Å²) in [7, 11) is 0. The van der Waals surface area contributed by atoms with E-state index in [1.165, 1.54) is 0 Å². The van der Waals surface area contributed by atoms with E-state index in [0.717, 1.165) is 31.8 Å². The van der Waals surface area contributed by atoms with Crippen LogP contribution in [0, 0.1) is 0 Å². The number of carbonyl (C=O) groups excluding carboxylic acids is 1. The Morgan fingerprint density at radius 3 is 2.73 bits per heavy atom. The third-order valence-electron chi connectivity index (χ3n) is 1.75. The smallest absolute Gasteiger partial charge is 0.147 e. The van der Waals surface area contributed by atoms with E-state index < -0.39 is 0 Å². The van der Waals surface area contributed by atoms with Gasteiger partial charge in [0.25, 0.3) is 0 Å². The molecule has 0 radical (unpaired) electrons. The average molecular weight is 173 g/mol. The predicted molar refractivity (Wildman–Crippen MR) is 43.5 cm³/mol. The van der Waals surface area contributed by atoms with Gasteiger partial charge in [0.05, 0.1) is 11.3 Å². The van der Waals surface area contributed by atoms with Crippen molar-refractivity contribution in [2.75, 3.05) is 0 Å². The number of allylic oxidation sites excluding steroid dienone is 3. The van der Waals surface area contributed by atoms with Crippen molar-refractivity contribution < 1.29 is 9.90 Å². The monoisotopic (exact) mass is 172 g/mol. The third-order valence-corrected chi connectivity index (χ3v) is 2.24. The molecule has 1 rings (SSSR count). The number of aliphatic hydroxyl groups is 1. The summed E-state index contributed by atoms with van der Waals surface area (Å²) in [6, 6.07) is 0. The van der Waals surface area contributed by atoms with E-state index >= 15 is 0 Å². The molecule has 60 valence electrons. The minimum Gasteiger partial charge on any atom is -0.515 e. The number of rotatable bonds is 1. The number of halogens is 1. The molecule has 0 amide bonds. The van der Waals surface area contributed by atoms with Gasteiger partial charge in [0.1, 0.15) is 6.29 Å². The van der Waals surface area contributed by atoms with Gasteiger partial charge in [-0.2, -0.15) is 0 Å². The van der Waals surface area contributed by atoms with Gasteiger partial charge in [-0.15, -0.1) is 0 Å². The quantitative estimate of drug-likeness (QED) is 0.487. The molecule has 0 atom stereocenters. The first-order valence-electron chi connectivity index (χ1n) is 3.47. The van der Waals surface area contributed by atoms with Crippen LogP contribution in [0.25, 0.3) is 0 Å². The lowest BCUT2D eigenvalue weighted by molar-refractivity contribution is -0.105. The van der Waals surface area contributed by atoms with Crippen LogP contribution in [-0.2, 0) is 4.79 Å². The highest BCUT2D eigenvalue weighted by Crippen LogP contribution is 2.30. The average Bonchev–Trinajstić information content (AvgIpc) is 2.05. The Hall–Kier alpha value is -0.760. The van der Waals surface area contributed by atoms with Crippen molar-refractivity contribution >= 4 is 17.9 Å². The van der Waals surface area contributed by atoms with E-state index in [1.807, 2.05) is 0 Å². The molecule has 0 aromatic carbocycles. The van der Waals surface area contributed by atoms with Crippen LogP contribution >= 0.6 is 11.6 Å². The van der Waals surface area contributed by atoms with Gasteiger partial charge in [-0.05, 0) is 19.3 Å². The fourth-order valence-corrected chi connectivity index (χ4v) is 1.41. The summed E-state index contributed by atoms with van der Waals surface area (Å²) < 4.78 is 0. The topological polar surface area (TPSA) is 37.3 Å². The predicted octanol–water partition coefficient (Wildman–Crippen LogP) is 2.30. The maximum Gasteiger partial charge on any atom is 0.147 e. The zero-order valence-electron chi connectivity index (χ0n) is 6.01. The second-order valence-electron chi connectivity index (χ2n) is 2.46. The van der Waals surface area contributed by atoms with Gasteiger partial charge in [-0.1, -0.05) is 11.6 Å². The molecular weight excluding hydrogens is 164 g/mol. The Labute approximate surface area is 70.2 Å². The van der Waals surface area contributed by atoms with Crippen LogP contribution in [0.5, 0.6) is 0 Å². The first-order chi connectivity index (χ1) is 5.29. The summed E-state index contributed by atoms with van der Waals surface area (Å²) in [5.74, 6) is 0. The van der Waals surface area contributed by atoms with Gasteiger partial charge in [0.2, 0.25) is 0 Å². The Kier molecular flexibility index (Phi) is 2.71. The Balaban J connectivity index is 2.97. The molecule has 0 aromatic rings. The van der Waals surface area contributed by atoms with Crippen LogP contribution in [0.2, 0.25) is 0 Å². The molecule has 0 spiro atoms. The molecule has 0 aliphatic heterocycles. The highest BCUT2D eigenvalue weighted by molar-refractivity contribution is 6.33. The maximum absolute atomic E-state index is 10.4. The normalized spacial score (nSPS) is 22.5. The van der Waals surface area contributed by atoms with Crippen molar-refractivity contribution in [2.24, 2.45) is 0 Å². The molecule has 3 heteroatoms. The van der Waals surface area contributed by atoms with E-state index in [-0.39, 0.29) is 0 Å². The standard InChI is InChI=1S/C8H9ClO2/c9-8-6(4-10)2-1-3-7(8)5-11/h4-5,10H,1-3H2. The molecule has 1 aliphatic rings. The highest BCUT2D eigenvalue weighted by atomic mass is 35.5. The molecule has 11 heavy (non-hydrogen) atoms. The molecule has 0 unspecified atom stereocenters. The minimum atomic E-state index is 0.425. The highest BCUT2D eigenvalue weighted by Gasteiger charge is 2.14. The number of carbonyl (C=O) groups is 1. The third kappa shape index (κ3) is 1.63. The summed E-state index contributed by atoms with van der Waals surface area (Å²) in [6.07, 6.45) is 4.10. The molecule has 1 aliphatic carbocycles. The van der Waals surface area contributed by atoms with Gasteiger partial charge in [0.15, 0.2) is 0 Å². The van der Waals surface area contributed by atoms with Crippen molar-refractivity contribution in [3.63, 3.8) is 0 Å². The number of hydrogen-bond acceptors (Lipinski definition) is 2. The second-order valence-corrected chi connectivity index (χ2v) is 2.84. The van der Waals surface area contributed by atoms with Crippen LogP contribution in [0.15, 0.2) is 22.4 Å². The zero-order chi connectivity index (χ0) is 8.27. The summed E-state index contributed by atoms with van der Waals surface area (Å²) in [5.41, 5.74) is 1.26. The lowest BCUT2D eigenvalue weighted by atomic mass is 9.96. The summed E-state index contributed by atoms with van der Waals surface area (Å²) in [4.78, 5) is 10.4. The fourth-order valence-electron chi connectivity index (χ4n) is 1.13. The van der Waals surface area contributed by atoms with Crippen LogP contribution in [0.1, 0.15) is 19.3 Å². The van der Waals surface area contributed by atoms with Crippen molar-refractivity contribution in [2.45, 2.75) is 19.3 Å². The molecule has 0 saturated carbocycles. The van der Waals surface area contributed by atoms with Crippen molar-refractivity contribution in [3.8, 4) is 0 Å². The van der Waals surface area contributed by atoms with Crippen LogP contribution in [-0.4, -0.2) is 11.4 Å². The lowest BCUT2D eigenvalue weighted by Gasteiger charge is -2.13. The van der Waals surface area contributed by atoms with Crippen molar-refractivity contribution in [3.05, 3.63) is 22.4 Å².